The number of hydrogen-bond acceptors (Lipinski definition) is 3. The van der Waals surface area contributed by atoms with E-state index in [0.717, 1.165) is 12.0 Å². The Morgan fingerprint density at radius 3 is 2.56 bits per heavy atom. The molecule has 27 heavy (non-hydrogen) atoms. The van der Waals surface area contributed by atoms with Crippen LogP contribution in [0.2, 0.25) is 5.02 Å². The highest BCUT2D eigenvalue weighted by molar-refractivity contribution is 14.0. The number of rotatable bonds is 9. The first-order valence-electron chi connectivity index (χ1n) is 8.61. The molecule has 0 radical (unpaired) electrons. The van der Waals surface area contributed by atoms with Crippen molar-refractivity contribution in [3.63, 3.8) is 0 Å². The number of hydrogen-bond donors (Lipinski definition) is 2. The summed E-state index contributed by atoms with van der Waals surface area (Å²) in [6.45, 7) is 9.00. The third-order valence-electron chi connectivity index (χ3n) is 3.51. The van der Waals surface area contributed by atoms with E-state index in [1.54, 1.807) is 20.2 Å². The van der Waals surface area contributed by atoms with E-state index in [1.807, 2.05) is 32.0 Å². The molecule has 0 saturated heterocycles. The first kappa shape index (κ1) is 25.5. The highest BCUT2D eigenvalue weighted by atomic mass is 127. The van der Waals surface area contributed by atoms with Crippen LogP contribution in [0.5, 0.6) is 5.75 Å². The summed E-state index contributed by atoms with van der Waals surface area (Å²) in [6, 6.07) is 7.39. The Morgan fingerprint density at radius 2 is 2.00 bits per heavy atom. The van der Waals surface area contributed by atoms with Crippen LogP contribution in [0.15, 0.2) is 41.4 Å². The molecular weight excluding hydrogens is 479 g/mol. The SMILES string of the molecule is C=C(C)CNC(=NCC(=O)N(C)C)NCC(CC)Oc1ccccc1Cl.I. The second-order valence-electron chi connectivity index (χ2n) is 6.22. The Balaban J connectivity index is 0.00000676. The summed E-state index contributed by atoms with van der Waals surface area (Å²) in [4.78, 5) is 17.6. The molecule has 0 aliphatic heterocycles. The smallest absolute Gasteiger partial charge is 0.243 e. The van der Waals surface area contributed by atoms with Crippen LogP contribution >= 0.6 is 35.6 Å². The molecule has 6 nitrogen and oxygen atoms in total. The first-order valence-corrected chi connectivity index (χ1v) is 8.99. The van der Waals surface area contributed by atoms with Crippen molar-refractivity contribution >= 4 is 47.4 Å². The van der Waals surface area contributed by atoms with Crippen LogP contribution in [0.25, 0.3) is 0 Å². The van der Waals surface area contributed by atoms with Gasteiger partial charge in [0.25, 0.3) is 0 Å². The second kappa shape index (κ2) is 13.7. The van der Waals surface area contributed by atoms with Gasteiger partial charge in [-0.1, -0.05) is 42.8 Å². The van der Waals surface area contributed by atoms with Crippen LogP contribution in [0.3, 0.4) is 0 Å². The molecule has 8 heteroatoms. The van der Waals surface area contributed by atoms with E-state index in [2.05, 4.69) is 22.2 Å². The minimum absolute atomic E-state index is 0. The Morgan fingerprint density at radius 1 is 1.33 bits per heavy atom. The van der Waals surface area contributed by atoms with E-state index in [4.69, 9.17) is 16.3 Å². The quantitative estimate of drug-likeness (QED) is 0.232. The van der Waals surface area contributed by atoms with Crippen LogP contribution in [-0.2, 0) is 4.79 Å². The normalized spacial score (nSPS) is 11.8. The van der Waals surface area contributed by atoms with E-state index in [9.17, 15) is 4.79 Å². The molecule has 0 spiro atoms. The van der Waals surface area contributed by atoms with Gasteiger partial charge < -0.3 is 20.3 Å². The summed E-state index contributed by atoms with van der Waals surface area (Å²) in [5.41, 5.74) is 0.970. The number of benzene rings is 1. The van der Waals surface area contributed by atoms with Crippen molar-refractivity contribution in [1.29, 1.82) is 0 Å². The maximum absolute atomic E-state index is 11.8. The van der Waals surface area contributed by atoms with Crippen LogP contribution in [0, 0.1) is 0 Å². The molecule has 0 aromatic heterocycles. The van der Waals surface area contributed by atoms with Gasteiger partial charge in [-0.2, -0.15) is 0 Å². The fraction of sp³-hybridized carbons (Fsp3) is 0.474. The van der Waals surface area contributed by atoms with Crippen LogP contribution < -0.4 is 15.4 Å². The average Bonchev–Trinajstić information content (AvgIpc) is 2.60. The third kappa shape index (κ3) is 10.4. The average molecular weight is 509 g/mol. The van der Waals surface area contributed by atoms with Gasteiger partial charge in [-0.3, -0.25) is 4.79 Å². The molecule has 1 amide bonds. The summed E-state index contributed by atoms with van der Waals surface area (Å²) < 4.78 is 5.96. The Labute approximate surface area is 184 Å². The van der Waals surface area contributed by atoms with Gasteiger partial charge in [0.05, 0.1) is 11.6 Å². The fourth-order valence-corrected chi connectivity index (χ4v) is 2.08. The predicted molar refractivity (Wildman–Crippen MR) is 123 cm³/mol. The van der Waals surface area contributed by atoms with Gasteiger partial charge in [0, 0.05) is 20.6 Å². The lowest BCUT2D eigenvalue weighted by atomic mass is 10.2. The molecular formula is C19H30ClIN4O2. The first-order chi connectivity index (χ1) is 12.3. The zero-order valence-corrected chi connectivity index (χ0v) is 19.5. The number of halogens is 2. The van der Waals surface area contributed by atoms with Crippen molar-refractivity contribution in [3.8, 4) is 5.75 Å². The molecule has 1 aromatic rings. The largest absolute Gasteiger partial charge is 0.487 e. The molecule has 1 aromatic carbocycles. The van der Waals surface area contributed by atoms with Gasteiger partial charge in [0.1, 0.15) is 18.4 Å². The predicted octanol–water partition coefficient (Wildman–Crippen LogP) is 3.31. The number of amides is 1. The van der Waals surface area contributed by atoms with E-state index >= 15 is 0 Å². The third-order valence-corrected chi connectivity index (χ3v) is 3.82. The van der Waals surface area contributed by atoms with Crippen molar-refractivity contribution in [3.05, 3.63) is 41.4 Å². The maximum Gasteiger partial charge on any atom is 0.243 e. The highest BCUT2D eigenvalue weighted by Gasteiger charge is 2.12. The van der Waals surface area contributed by atoms with Crippen molar-refractivity contribution < 1.29 is 9.53 Å². The molecule has 1 unspecified atom stereocenters. The van der Waals surface area contributed by atoms with Crippen molar-refractivity contribution in [2.24, 2.45) is 4.99 Å². The Hall–Kier alpha value is -1.48. The summed E-state index contributed by atoms with van der Waals surface area (Å²) in [5, 5.41) is 6.95. The lowest BCUT2D eigenvalue weighted by Crippen LogP contribution is -2.43. The van der Waals surface area contributed by atoms with Crippen molar-refractivity contribution in [2.75, 3.05) is 33.7 Å². The summed E-state index contributed by atoms with van der Waals surface area (Å²) in [7, 11) is 3.41. The molecule has 152 valence electrons. The van der Waals surface area contributed by atoms with Gasteiger partial charge in [-0.05, 0) is 25.5 Å². The molecule has 0 fully saturated rings. The van der Waals surface area contributed by atoms with Gasteiger partial charge in [-0.15, -0.1) is 24.0 Å². The second-order valence-corrected chi connectivity index (χ2v) is 6.63. The zero-order chi connectivity index (χ0) is 19.5. The molecule has 0 bridgehead atoms. The molecule has 0 aliphatic rings. The monoisotopic (exact) mass is 508 g/mol. The van der Waals surface area contributed by atoms with E-state index < -0.39 is 0 Å². The summed E-state index contributed by atoms with van der Waals surface area (Å²) >= 11 is 6.15. The lowest BCUT2D eigenvalue weighted by molar-refractivity contribution is -0.127. The summed E-state index contributed by atoms with van der Waals surface area (Å²) in [5.74, 6) is 1.13. The summed E-state index contributed by atoms with van der Waals surface area (Å²) in [6.07, 6.45) is 0.707. The van der Waals surface area contributed by atoms with Gasteiger partial charge in [0.2, 0.25) is 5.91 Å². The number of ether oxygens (including phenoxy) is 1. The molecule has 0 heterocycles. The number of nitrogens with zero attached hydrogens (tertiary/aromatic N) is 2. The number of nitrogens with one attached hydrogen (secondary N) is 2. The molecule has 1 atom stereocenters. The van der Waals surface area contributed by atoms with Crippen LogP contribution in [-0.4, -0.2) is 56.6 Å². The van der Waals surface area contributed by atoms with Crippen LogP contribution in [0.4, 0.5) is 0 Å². The van der Waals surface area contributed by atoms with Crippen molar-refractivity contribution in [2.45, 2.75) is 26.4 Å². The standard InChI is InChI=1S/C19H29ClN4O2.HI/c1-6-15(26-17-10-8-7-9-16(17)20)12-22-19(21-11-14(2)3)23-13-18(25)24(4)5;/h7-10,15H,2,6,11-13H2,1,3-5H3,(H2,21,22,23);1H. The molecule has 0 aliphatic carbocycles. The fourth-order valence-electron chi connectivity index (χ4n) is 1.90. The highest BCUT2D eigenvalue weighted by Crippen LogP contribution is 2.24. The minimum atomic E-state index is -0.0868. The van der Waals surface area contributed by atoms with E-state index in [-0.39, 0.29) is 42.5 Å². The lowest BCUT2D eigenvalue weighted by Gasteiger charge is -2.21. The minimum Gasteiger partial charge on any atom is -0.487 e. The number of para-hydroxylation sites is 1. The number of carbonyl (C=O) groups is 1. The van der Waals surface area contributed by atoms with E-state index in [1.165, 1.54) is 4.90 Å². The number of likely N-dealkylation sites (N-methyl/N-ethyl adjacent to an activating group) is 1. The number of guanidine groups is 1. The maximum atomic E-state index is 11.8. The topological polar surface area (TPSA) is 66.0 Å². The van der Waals surface area contributed by atoms with Crippen molar-refractivity contribution in [1.82, 2.24) is 15.5 Å². The van der Waals surface area contributed by atoms with E-state index in [0.29, 0.717) is 29.8 Å². The van der Waals surface area contributed by atoms with Gasteiger partial charge in [0.15, 0.2) is 5.96 Å². The van der Waals surface area contributed by atoms with Crippen LogP contribution in [0.1, 0.15) is 20.3 Å². The number of carbonyl (C=O) groups excluding carboxylic acids is 1. The molecule has 0 saturated carbocycles. The molecule has 1 rings (SSSR count). The van der Waals surface area contributed by atoms with Gasteiger partial charge in [-0.25, -0.2) is 4.99 Å². The Bertz CT molecular complexity index is 638. The Kier molecular flexibility index (Phi) is 12.9. The number of aliphatic imine (C=N–C) groups is 1. The molecule has 2 N–H and O–H groups in total. The van der Waals surface area contributed by atoms with Gasteiger partial charge >= 0.3 is 0 Å². The zero-order valence-electron chi connectivity index (χ0n) is 16.4.